The number of benzene rings is 2. The summed E-state index contributed by atoms with van der Waals surface area (Å²) in [7, 11) is 0. The first-order valence-electron chi connectivity index (χ1n) is 8.65. The van der Waals surface area contributed by atoms with Crippen LogP contribution < -0.4 is 10.6 Å². The zero-order valence-electron chi connectivity index (χ0n) is 15.5. The van der Waals surface area contributed by atoms with E-state index >= 15 is 0 Å². The summed E-state index contributed by atoms with van der Waals surface area (Å²) in [5.74, 6) is -2.60. The van der Waals surface area contributed by atoms with E-state index in [9.17, 15) is 19.5 Å². The van der Waals surface area contributed by atoms with Gasteiger partial charge in [-0.05, 0) is 41.8 Å². The predicted octanol–water partition coefficient (Wildman–Crippen LogP) is 3.45. The van der Waals surface area contributed by atoms with Crippen LogP contribution in [-0.2, 0) is 9.59 Å². The molecule has 0 unspecified atom stereocenters. The number of aliphatic carboxylic acids is 1. The van der Waals surface area contributed by atoms with Crippen LogP contribution in [0, 0.1) is 5.92 Å². The van der Waals surface area contributed by atoms with Crippen LogP contribution in [0.15, 0.2) is 64.8 Å². The van der Waals surface area contributed by atoms with Crippen molar-refractivity contribution in [2.24, 2.45) is 5.92 Å². The fraction of sp³-hybridized carbons (Fsp3) is 0.190. The minimum Gasteiger partial charge on any atom is -0.480 e. The molecule has 2 aromatic rings. The van der Waals surface area contributed by atoms with Crippen LogP contribution in [-0.4, -0.2) is 28.9 Å². The van der Waals surface area contributed by atoms with Gasteiger partial charge in [0, 0.05) is 10.0 Å². The molecule has 146 valence electrons. The van der Waals surface area contributed by atoms with Crippen LogP contribution in [0.25, 0.3) is 6.08 Å². The molecule has 0 heterocycles. The second-order valence-corrected chi connectivity index (χ2v) is 7.38. The maximum atomic E-state index is 12.7. The summed E-state index contributed by atoms with van der Waals surface area (Å²) in [6.45, 7) is 3.39. The van der Waals surface area contributed by atoms with E-state index in [1.165, 1.54) is 6.08 Å². The molecule has 2 aromatic carbocycles. The van der Waals surface area contributed by atoms with Crippen molar-refractivity contribution < 1.29 is 19.5 Å². The van der Waals surface area contributed by atoms with Crippen LogP contribution in [0.4, 0.5) is 0 Å². The van der Waals surface area contributed by atoms with Crippen molar-refractivity contribution in [3.63, 3.8) is 0 Å². The second kappa shape index (κ2) is 9.85. The molecule has 0 spiro atoms. The van der Waals surface area contributed by atoms with Gasteiger partial charge in [0.2, 0.25) is 0 Å². The molecular formula is C21H21BrN2O4. The Kier molecular flexibility index (Phi) is 7.52. The van der Waals surface area contributed by atoms with Gasteiger partial charge in [-0.3, -0.25) is 9.59 Å². The molecule has 0 bridgehead atoms. The number of carboxylic acids is 1. The molecule has 2 rings (SSSR count). The lowest BCUT2D eigenvalue weighted by Gasteiger charge is -2.19. The van der Waals surface area contributed by atoms with Crippen LogP contribution in [0.5, 0.6) is 0 Å². The fourth-order valence-electron chi connectivity index (χ4n) is 2.40. The number of carboxylic acid groups (broad SMARTS) is 1. The Morgan fingerprint density at radius 1 is 1.00 bits per heavy atom. The maximum absolute atomic E-state index is 12.7. The highest BCUT2D eigenvalue weighted by Gasteiger charge is 2.25. The van der Waals surface area contributed by atoms with E-state index in [-0.39, 0.29) is 11.6 Å². The molecular weight excluding hydrogens is 424 g/mol. The third-order valence-corrected chi connectivity index (χ3v) is 4.46. The van der Waals surface area contributed by atoms with E-state index in [1.54, 1.807) is 62.4 Å². The first kappa shape index (κ1) is 21.4. The summed E-state index contributed by atoms with van der Waals surface area (Å²) >= 11 is 3.30. The third-order valence-electron chi connectivity index (χ3n) is 3.93. The normalized spacial score (nSPS) is 12.4. The highest BCUT2D eigenvalue weighted by Crippen LogP contribution is 2.12. The molecule has 7 heteroatoms. The number of hydrogen-bond acceptors (Lipinski definition) is 3. The quantitative estimate of drug-likeness (QED) is 0.569. The van der Waals surface area contributed by atoms with Crippen LogP contribution >= 0.6 is 15.9 Å². The van der Waals surface area contributed by atoms with E-state index in [4.69, 9.17) is 0 Å². The number of carbonyl (C=O) groups is 3. The van der Waals surface area contributed by atoms with E-state index in [2.05, 4.69) is 26.6 Å². The molecule has 0 aliphatic carbocycles. The van der Waals surface area contributed by atoms with Gasteiger partial charge in [0.05, 0.1) is 0 Å². The fourth-order valence-corrected chi connectivity index (χ4v) is 2.67. The van der Waals surface area contributed by atoms with Crippen molar-refractivity contribution in [1.29, 1.82) is 0 Å². The SMILES string of the molecule is CC(C)[C@@H](NC(=O)/C(=C\c1ccccc1)NC(=O)c1ccc(Br)cc1)C(=O)O. The monoisotopic (exact) mass is 444 g/mol. The number of hydrogen-bond donors (Lipinski definition) is 3. The first-order valence-corrected chi connectivity index (χ1v) is 9.44. The van der Waals surface area contributed by atoms with Gasteiger partial charge in [0.25, 0.3) is 11.8 Å². The highest BCUT2D eigenvalue weighted by atomic mass is 79.9. The molecule has 0 aromatic heterocycles. The van der Waals surface area contributed by atoms with Crippen molar-refractivity contribution in [3.05, 3.63) is 75.9 Å². The second-order valence-electron chi connectivity index (χ2n) is 6.46. The Morgan fingerprint density at radius 2 is 1.61 bits per heavy atom. The molecule has 1 atom stereocenters. The summed E-state index contributed by atoms with van der Waals surface area (Å²) in [5.41, 5.74) is 1.03. The maximum Gasteiger partial charge on any atom is 0.326 e. The summed E-state index contributed by atoms with van der Waals surface area (Å²) in [6.07, 6.45) is 1.51. The number of halogens is 1. The van der Waals surface area contributed by atoms with Crippen LogP contribution in [0.3, 0.4) is 0 Å². The van der Waals surface area contributed by atoms with Gasteiger partial charge in [0.1, 0.15) is 11.7 Å². The average molecular weight is 445 g/mol. The van der Waals surface area contributed by atoms with E-state index < -0.39 is 23.8 Å². The molecule has 0 aliphatic heterocycles. The van der Waals surface area contributed by atoms with Gasteiger partial charge in [-0.1, -0.05) is 60.1 Å². The molecule has 0 saturated carbocycles. The van der Waals surface area contributed by atoms with Crippen molar-refractivity contribution >= 4 is 39.8 Å². The van der Waals surface area contributed by atoms with Crippen molar-refractivity contribution in [3.8, 4) is 0 Å². The van der Waals surface area contributed by atoms with Gasteiger partial charge in [-0.2, -0.15) is 0 Å². The van der Waals surface area contributed by atoms with E-state index in [0.29, 0.717) is 11.1 Å². The van der Waals surface area contributed by atoms with E-state index in [1.807, 2.05) is 6.07 Å². The molecule has 0 saturated heterocycles. The standard InChI is InChI=1S/C21H21BrN2O4/c1-13(2)18(21(27)28)24-20(26)17(12-14-6-4-3-5-7-14)23-19(25)15-8-10-16(22)11-9-15/h3-13,18H,1-2H3,(H,23,25)(H,24,26)(H,27,28)/b17-12+/t18-/m1/s1. The van der Waals surface area contributed by atoms with Gasteiger partial charge >= 0.3 is 5.97 Å². The summed E-state index contributed by atoms with van der Waals surface area (Å²) in [4.78, 5) is 36.7. The highest BCUT2D eigenvalue weighted by molar-refractivity contribution is 9.10. The van der Waals surface area contributed by atoms with Crippen molar-refractivity contribution in [2.75, 3.05) is 0 Å². The largest absolute Gasteiger partial charge is 0.480 e. The minimum absolute atomic E-state index is 0.0361. The molecule has 0 aliphatic rings. The number of amides is 2. The first-order chi connectivity index (χ1) is 13.3. The summed E-state index contributed by atoms with van der Waals surface area (Å²) in [6, 6.07) is 14.6. The summed E-state index contributed by atoms with van der Waals surface area (Å²) < 4.78 is 0.822. The Bertz CT molecular complexity index is 877. The molecule has 0 fully saturated rings. The number of nitrogens with one attached hydrogen (secondary N) is 2. The third kappa shape index (κ3) is 6.06. The Balaban J connectivity index is 2.30. The van der Waals surface area contributed by atoms with Gasteiger partial charge < -0.3 is 15.7 Å². The summed E-state index contributed by atoms with van der Waals surface area (Å²) in [5, 5.41) is 14.4. The minimum atomic E-state index is -1.14. The lowest BCUT2D eigenvalue weighted by atomic mass is 10.0. The van der Waals surface area contributed by atoms with Crippen LogP contribution in [0.2, 0.25) is 0 Å². The Morgan fingerprint density at radius 3 is 2.14 bits per heavy atom. The molecule has 3 N–H and O–H groups in total. The molecule has 0 radical (unpaired) electrons. The van der Waals surface area contributed by atoms with Gasteiger partial charge in [-0.25, -0.2) is 4.79 Å². The Labute approximate surface area is 171 Å². The Hall–Kier alpha value is -2.93. The van der Waals surface area contributed by atoms with E-state index in [0.717, 1.165) is 4.47 Å². The average Bonchev–Trinajstić information content (AvgIpc) is 2.66. The zero-order valence-corrected chi connectivity index (χ0v) is 17.1. The smallest absolute Gasteiger partial charge is 0.326 e. The van der Waals surface area contributed by atoms with Gasteiger partial charge in [0.15, 0.2) is 0 Å². The van der Waals surface area contributed by atoms with Crippen LogP contribution in [0.1, 0.15) is 29.8 Å². The predicted molar refractivity (Wildman–Crippen MR) is 110 cm³/mol. The zero-order chi connectivity index (χ0) is 20.7. The van der Waals surface area contributed by atoms with Crippen molar-refractivity contribution in [2.45, 2.75) is 19.9 Å². The topological polar surface area (TPSA) is 95.5 Å². The molecule has 28 heavy (non-hydrogen) atoms. The lowest BCUT2D eigenvalue weighted by Crippen LogP contribution is -2.47. The number of carbonyl (C=O) groups excluding carboxylic acids is 2. The number of rotatable bonds is 7. The lowest BCUT2D eigenvalue weighted by molar-refractivity contribution is -0.142. The molecule has 6 nitrogen and oxygen atoms in total. The van der Waals surface area contributed by atoms with Crippen molar-refractivity contribution in [1.82, 2.24) is 10.6 Å². The molecule has 2 amide bonds. The van der Waals surface area contributed by atoms with Gasteiger partial charge in [-0.15, -0.1) is 0 Å².